The molecule has 2 aromatic rings. The van der Waals surface area contributed by atoms with Gasteiger partial charge in [-0.3, -0.25) is 10.1 Å². The van der Waals surface area contributed by atoms with E-state index in [2.05, 4.69) is 24.7 Å². The Bertz CT molecular complexity index is 672. The van der Waals surface area contributed by atoms with Crippen LogP contribution < -0.4 is 5.09 Å². The zero-order valence-electron chi connectivity index (χ0n) is 11.2. The highest BCUT2D eigenvalue weighted by Crippen LogP contribution is 2.39. The molecule has 0 bridgehead atoms. The van der Waals surface area contributed by atoms with Crippen LogP contribution >= 0.6 is 18.9 Å². The van der Waals surface area contributed by atoms with E-state index in [1.807, 2.05) is 0 Å². The van der Waals surface area contributed by atoms with Gasteiger partial charge in [0, 0.05) is 24.1 Å². The lowest BCUT2D eigenvalue weighted by Crippen LogP contribution is -2.04. The summed E-state index contributed by atoms with van der Waals surface area (Å²) in [6.07, 6.45) is 1.67. The maximum absolute atomic E-state index is 12.8. The summed E-state index contributed by atoms with van der Waals surface area (Å²) in [7, 11) is -0.866. The van der Waals surface area contributed by atoms with E-state index in [9.17, 15) is 13.3 Å². The van der Waals surface area contributed by atoms with Crippen LogP contribution in [0, 0.1) is 0 Å². The molecule has 1 atom stereocenters. The number of halogens is 3. The molecule has 0 amide bonds. The van der Waals surface area contributed by atoms with Crippen molar-refractivity contribution in [2.45, 2.75) is 11.5 Å². The molecule has 0 aliphatic rings. The fourth-order valence-corrected chi connectivity index (χ4v) is 2.53. The number of rotatable bonds is 5. The van der Waals surface area contributed by atoms with Gasteiger partial charge >= 0.3 is 11.3 Å². The maximum atomic E-state index is 12.8. The molecule has 0 saturated carbocycles. The smallest absolute Gasteiger partial charge is 0.331 e. The van der Waals surface area contributed by atoms with Crippen LogP contribution in [0.5, 0.6) is 0 Å². The number of alkyl halides is 3. The minimum Gasteiger partial charge on any atom is -0.331 e. The topological polar surface area (TPSA) is 80.9 Å². The summed E-state index contributed by atoms with van der Waals surface area (Å²) in [6, 6.07) is 3.21. The lowest BCUT2D eigenvalue weighted by Gasteiger charge is -2.10. The Morgan fingerprint density at radius 1 is 1.48 bits per heavy atom. The number of nitrogens with one attached hydrogen (secondary N) is 1. The molecular formula is C11H12ClF2N4O2P. The first-order valence-electron chi connectivity index (χ1n) is 5.83. The zero-order valence-corrected chi connectivity index (χ0v) is 12.8. The van der Waals surface area contributed by atoms with Gasteiger partial charge in [0.25, 0.3) is 0 Å². The average molecular weight is 337 g/mol. The van der Waals surface area contributed by atoms with Crippen molar-refractivity contribution in [3.63, 3.8) is 0 Å². The summed E-state index contributed by atoms with van der Waals surface area (Å²) in [5.41, 5.74) is 0.996. The van der Waals surface area contributed by atoms with E-state index in [-0.39, 0.29) is 12.0 Å². The molecule has 114 valence electrons. The SMILES string of the molecule is CNP(C)(=O)Cc1ccc(-c2noc(C(F)(F)Cl)n2)cn1. The Balaban J connectivity index is 2.19. The Morgan fingerprint density at radius 3 is 2.67 bits per heavy atom. The predicted molar refractivity (Wildman–Crippen MR) is 73.6 cm³/mol. The van der Waals surface area contributed by atoms with E-state index in [0.717, 1.165) is 0 Å². The first-order chi connectivity index (χ1) is 9.71. The molecular weight excluding hydrogens is 325 g/mol. The van der Waals surface area contributed by atoms with Gasteiger partial charge in [-0.2, -0.15) is 13.8 Å². The molecule has 0 spiro atoms. The molecule has 1 unspecified atom stereocenters. The van der Waals surface area contributed by atoms with Gasteiger partial charge < -0.3 is 9.09 Å². The van der Waals surface area contributed by atoms with Crippen molar-refractivity contribution in [2.75, 3.05) is 13.7 Å². The Hall–Kier alpha value is -1.37. The van der Waals surface area contributed by atoms with Crippen LogP contribution in [0.15, 0.2) is 22.9 Å². The van der Waals surface area contributed by atoms with Crippen LogP contribution in [0.3, 0.4) is 0 Å². The molecule has 0 aliphatic heterocycles. The monoisotopic (exact) mass is 336 g/mol. The summed E-state index contributed by atoms with van der Waals surface area (Å²) in [6.45, 7) is 1.61. The Kier molecular flexibility index (Phi) is 4.41. The fraction of sp³-hybridized carbons (Fsp3) is 0.364. The number of hydrogen-bond acceptors (Lipinski definition) is 5. The number of nitrogens with zero attached hydrogens (tertiary/aromatic N) is 3. The van der Waals surface area contributed by atoms with Crippen LogP contribution in [-0.4, -0.2) is 28.8 Å². The third-order valence-corrected chi connectivity index (χ3v) is 4.72. The average Bonchev–Trinajstić information content (AvgIpc) is 2.89. The second-order valence-electron chi connectivity index (χ2n) is 4.44. The highest BCUT2D eigenvalue weighted by Gasteiger charge is 2.35. The van der Waals surface area contributed by atoms with E-state index < -0.39 is 18.6 Å². The van der Waals surface area contributed by atoms with Gasteiger partial charge in [0.05, 0.1) is 6.16 Å². The van der Waals surface area contributed by atoms with E-state index in [4.69, 9.17) is 11.6 Å². The maximum Gasteiger partial charge on any atom is 0.400 e. The summed E-state index contributed by atoms with van der Waals surface area (Å²) in [5, 5.41) is 2.44. The largest absolute Gasteiger partial charge is 0.400 e. The van der Waals surface area contributed by atoms with E-state index >= 15 is 0 Å². The van der Waals surface area contributed by atoms with Crippen molar-refractivity contribution < 1.29 is 17.9 Å². The second kappa shape index (κ2) is 5.79. The van der Waals surface area contributed by atoms with Crippen molar-refractivity contribution in [3.8, 4) is 11.4 Å². The predicted octanol–water partition coefficient (Wildman–Crippen LogP) is 3.05. The molecule has 21 heavy (non-hydrogen) atoms. The van der Waals surface area contributed by atoms with Crippen molar-refractivity contribution in [1.29, 1.82) is 0 Å². The molecule has 0 saturated heterocycles. The number of aromatic nitrogens is 3. The first kappa shape index (κ1) is 16.0. The fourth-order valence-electron chi connectivity index (χ4n) is 1.49. The normalized spacial score (nSPS) is 14.9. The third-order valence-electron chi connectivity index (χ3n) is 2.69. The molecule has 2 rings (SSSR count). The van der Waals surface area contributed by atoms with Gasteiger partial charge in [-0.05, 0) is 30.8 Å². The molecule has 0 aromatic carbocycles. The van der Waals surface area contributed by atoms with Crippen LogP contribution in [0.4, 0.5) is 8.78 Å². The summed E-state index contributed by atoms with van der Waals surface area (Å²) >= 11 is 4.79. The molecule has 10 heteroatoms. The van der Waals surface area contributed by atoms with Gasteiger partial charge in [0.2, 0.25) is 5.82 Å². The van der Waals surface area contributed by atoms with Crippen LogP contribution in [-0.2, 0) is 16.1 Å². The highest BCUT2D eigenvalue weighted by atomic mass is 35.5. The lowest BCUT2D eigenvalue weighted by molar-refractivity contribution is 0.0551. The van der Waals surface area contributed by atoms with E-state index in [1.54, 1.807) is 25.8 Å². The van der Waals surface area contributed by atoms with E-state index in [0.29, 0.717) is 11.3 Å². The third kappa shape index (κ3) is 4.06. The Labute approximate surface area is 124 Å². The van der Waals surface area contributed by atoms with Crippen molar-refractivity contribution in [2.24, 2.45) is 0 Å². The molecule has 2 aromatic heterocycles. The Morgan fingerprint density at radius 2 is 2.19 bits per heavy atom. The molecule has 0 radical (unpaired) electrons. The van der Waals surface area contributed by atoms with Crippen LogP contribution in [0.2, 0.25) is 0 Å². The molecule has 1 N–H and O–H groups in total. The van der Waals surface area contributed by atoms with E-state index in [1.165, 1.54) is 6.20 Å². The van der Waals surface area contributed by atoms with Gasteiger partial charge in [0.1, 0.15) is 7.29 Å². The summed E-state index contributed by atoms with van der Waals surface area (Å²) < 4.78 is 41.9. The highest BCUT2D eigenvalue weighted by molar-refractivity contribution is 7.60. The van der Waals surface area contributed by atoms with Crippen molar-refractivity contribution >= 4 is 18.9 Å². The number of pyridine rings is 1. The van der Waals surface area contributed by atoms with Gasteiger partial charge in [-0.25, -0.2) is 0 Å². The van der Waals surface area contributed by atoms with Gasteiger partial charge in [-0.15, -0.1) is 0 Å². The minimum absolute atomic E-state index is 0.0438. The molecule has 6 nitrogen and oxygen atoms in total. The van der Waals surface area contributed by atoms with Crippen molar-refractivity contribution in [3.05, 3.63) is 29.9 Å². The zero-order chi connectivity index (χ0) is 15.7. The molecule has 0 fully saturated rings. The summed E-state index contributed by atoms with van der Waals surface area (Å²) in [4.78, 5) is 7.61. The molecule has 2 heterocycles. The minimum atomic E-state index is -3.71. The van der Waals surface area contributed by atoms with Gasteiger partial charge in [-0.1, -0.05) is 5.16 Å². The molecule has 0 aliphatic carbocycles. The number of hydrogen-bond donors (Lipinski definition) is 1. The van der Waals surface area contributed by atoms with Crippen LogP contribution in [0.1, 0.15) is 11.6 Å². The van der Waals surface area contributed by atoms with Crippen LogP contribution in [0.25, 0.3) is 11.4 Å². The lowest BCUT2D eigenvalue weighted by atomic mass is 10.2. The standard InChI is InChI=1S/C11H12ClF2N4O2P/c1-15-21(2,19)6-8-4-3-7(5-16-8)9-17-10(20-18-9)11(12,13)14/h3-5H,6H2,1-2H3,(H,15,19). The summed E-state index contributed by atoms with van der Waals surface area (Å²) in [5.74, 6) is -1.02. The quantitative estimate of drug-likeness (QED) is 0.667. The van der Waals surface area contributed by atoms with Gasteiger partial charge in [0.15, 0.2) is 0 Å². The second-order valence-corrected chi connectivity index (χ2v) is 7.88. The first-order valence-corrected chi connectivity index (χ1v) is 8.55. The van der Waals surface area contributed by atoms with Crippen molar-refractivity contribution in [1.82, 2.24) is 20.2 Å².